The molecule has 1 saturated heterocycles. The van der Waals surface area contributed by atoms with E-state index in [9.17, 15) is 0 Å². The molecule has 0 aliphatic carbocycles. The fourth-order valence-electron chi connectivity index (χ4n) is 2.77. The topological polar surface area (TPSA) is 13.7 Å². The van der Waals surface area contributed by atoms with Gasteiger partial charge in [0.25, 0.3) is 0 Å². The van der Waals surface area contributed by atoms with Gasteiger partial charge < -0.3 is 9.64 Å². The van der Waals surface area contributed by atoms with Gasteiger partial charge in [-0.3, -0.25) is 0 Å². The molecular formula is C16H26NO+. The minimum Gasteiger partial charge on any atom is -0.493 e. The maximum atomic E-state index is 5.77. The van der Waals surface area contributed by atoms with Crippen molar-refractivity contribution in [3.05, 3.63) is 29.8 Å². The van der Waals surface area contributed by atoms with Gasteiger partial charge in [-0.25, -0.2) is 0 Å². The second-order valence-corrected chi connectivity index (χ2v) is 5.72. The molecule has 0 bridgehead atoms. The Morgan fingerprint density at radius 1 is 1.28 bits per heavy atom. The number of aryl methyl sites for hydroxylation is 1. The fourth-order valence-corrected chi connectivity index (χ4v) is 2.77. The lowest BCUT2D eigenvalue weighted by Crippen LogP contribution is -3.13. The molecular weight excluding hydrogens is 222 g/mol. The molecule has 2 rings (SSSR count). The van der Waals surface area contributed by atoms with E-state index in [-0.39, 0.29) is 0 Å². The highest BCUT2D eigenvalue weighted by molar-refractivity contribution is 5.26. The zero-order valence-electron chi connectivity index (χ0n) is 11.7. The maximum Gasteiger partial charge on any atom is 0.119 e. The lowest BCUT2D eigenvalue weighted by molar-refractivity contribution is -0.908. The van der Waals surface area contributed by atoms with E-state index in [0.717, 1.165) is 24.7 Å². The lowest BCUT2D eigenvalue weighted by Gasteiger charge is -2.27. The van der Waals surface area contributed by atoms with E-state index >= 15 is 0 Å². The minimum absolute atomic E-state index is 0.848. The largest absolute Gasteiger partial charge is 0.493 e. The van der Waals surface area contributed by atoms with Crippen LogP contribution >= 0.6 is 0 Å². The Morgan fingerprint density at radius 3 is 2.78 bits per heavy atom. The summed E-state index contributed by atoms with van der Waals surface area (Å²) in [6, 6.07) is 8.33. The van der Waals surface area contributed by atoms with Crippen molar-refractivity contribution in [2.45, 2.75) is 33.1 Å². The Labute approximate surface area is 111 Å². The summed E-state index contributed by atoms with van der Waals surface area (Å²) >= 11 is 0. The zero-order chi connectivity index (χ0) is 12.8. The van der Waals surface area contributed by atoms with Crippen molar-refractivity contribution in [2.24, 2.45) is 5.92 Å². The number of hydrogen-bond donors (Lipinski definition) is 1. The molecule has 18 heavy (non-hydrogen) atoms. The first kappa shape index (κ1) is 13.4. The molecule has 2 heteroatoms. The molecule has 1 aromatic rings. The Bertz CT molecular complexity index is 347. The molecule has 100 valence electrons. The molecule has 0 spiro atoms. The van der Waals surface area contributed by atoms with Gasteiger partial charge in [-0.05, 0) is 31.9 Å². The molecule has 1 heterocycles. The third kappa shape index (κ3) is 4.34. The van der Waals surface area contributed by atoms with Gasteiger partial charge in [-0.2, -0.15) is 0 Å². The zero-order valence-corrected chi connectivity index (χ0v) is 11.7. The van der Waals surface area contributed by atoms with Crippen LogP contribution < -0.4 is 9.64 Å². The summed E-state index contributed by atoms with van der Waals surface area (Å²) in [7, 11) is 0. The highest BCUT2D eigenvalue weighted by Crippen LogP contribution is 2.11. The van der Waals surface area contributed by atoms with Gasteiger partial charge in [0.2, 0.25) is 0 Å². The summed E-state index contributed by atoms with van der Waals surface area (Å²) in [6.45, 7) is 9.29. The molecule has 0 aromatic heterocycles. The second-order valence-electron chi connectivity index (χ2n) is 5.72. The van der Waals surface area contributed by atoms with Crippen LogP contribution in [0.3, 0.4) is 0 Å². The van der Waals surface area contributed by atoms with Crippen molar-refractivity contribution < 1.29 is 9.64 Å². The molecule has 2 atom stereocenters. The van der Waals surface area contributed by atoms with Gasteiger partial charge in [0.1, 0.15) is 5.75 Å². The van der Waals surface area contributed by atoms with Crippen molar-refractivity contribution in [1.29, 1.82) is 0 Å². The predicted molar refractivity (Wildman–Crippen MR) is 75.3 cm³/mol. The number of benzene rings is 1. The number of likely N-dealkylation sites (tertiary alicyclic amines) is 1. The van der Waals surface area contributed by atoms with E-state index < -0.39 is 0 Å². The van der Waals surface area contributed by atoms with Gasteiger partial charge in [-0.1, -0.05) is 24.6 Å². The number of rotatable bonds is 5. The van der Waals surface area contributed by atoms with Gasteiger partial charge in [0, 0.05) is 12.3 Å². The monoisotopic (exact) mass is 248 g/mol. The summed E-state index contributed by atoms with van der Waals surface area (Å²) in [5, 5.41) is 0. The van der Waals surface area contributed by atoms with Crippen LogP contribution in [0, 0.1) is 12.8 Å². The first-order chi connectivity index (χ1) is 8.74. The number of nitrogens with one attached hydrogen (secondary N) is 1. The third-order valence-corrected chi connectivity index (χ3v) is 3.83. The van der Waals surface area contributed by atoms with Crippen LogP contribution in [-0.2, 0) is 0 Å². The quantitative estimate of drug-likeness (QED) is 0.788. The molecule has 1 N–H and O–H groups in total. The average Bonchev–Trinajstić information content (AvgIpc) is 2.37. The lowest BCUT2D eigenvalue weighted by atomic mass is 10.0. The van der Waals surface area contributed by atoms with E-state index in [1.54, 1.807) is 4.90 Å². The van der Waals surface area contributed by atoms with Gasteiger partial charge in [0.05, 0.1) is 26.2 Å². The van der Waals surface area contributed by atoms with E-state index in [2.05, 4.69) is 38.1 Å². The Kier molecular flexibility index (Phi) is 5.06. The number of piperidine rings is 1. The number of quaternary nitrogens is 1. The van der Waals surface area contributed by atoms with Crippen LogP contribution in [-0.4, -0.2) is 26.2 Å². The predicted octanol–water partition coefficient (Wildman–Crippen LogP) is 2.08. The standard InChI is InChI=1S/C16H25NO/c1-14-6-8-16(9-7-14)18-12-4-11-17-10-3-5-15(2)13-17/h6-9,15H,3-5,10-13H2,1-2H3/p+1/t15-/m0/s1. The Hall–Kier alpha value is -1.02. The van der Waals surface area contributed by atoms with Crippen molar-refractivity contribution in [1.82, 2.24) is 0 Å². The minimum atomic E-state index is 0.848. The van der Waals surface area contributed by atoms with Crippen molar-refractivity contribution in [2.75, 3.05) is 26.2 Å². The van der Waals surface area contributed by atoms with E-state index in [1.807, 2.05) is 0 Å². The summed E-state index contributed by atoms with van der Waals surface area (Å²) < 4.78 is 5.77. The molecule has 0 amide bonds. The maximum absolute atomic E-state index is 5.77. The van der Waals surface area contributed by atoms with Gasteiger partial charge in [0.15, 0.2) is 0 Å². The SMILES string of the molecule is Cc1ccc(OCCC[NH+]2CCC[C@H](C)C2)cc1. The van der Waals surface area contributed by atoms with E-state index in [0.29, 0.717) is 0 Å². The third-order valence-electron chi connectivity index (χ3n) is 3.83. The highest BCUT2D eigenvalue weighted by Gasteiger charge is 2.18. The summed E-state index contributed by atoms with van der Waals surface area (Å²) in [4.78, 5) is 1.77. The fraction of sp³-hybridized carbons (Fsp3) is 0.625. The van der Waals surface area contributed by atoms with Crippen LogP contribution in [0.5, 0.6) is 5.75 Å². The van der Waals surface area contributed by atoms with Gasteiger partial charge in [-0.15, -0.1) is 0 Å². The van der Waals surface area contributed by atoms with E-state index in [4.69, 9.17) is 4.74 Å². The average molecular weight is 248 g/mol. The first-order valence-corrected chi connectivity index (χ1v) is 7.27. The number of hydrogen-bond acceptors (Lipinski definition) is 1. The van der Waals surface area contributed by atoms with Crippen molar-refractivity contribution in [3.8, 4) is 5.75 Å². The van der Waals surface area contributed by atoms with E-state index in [1.165, 1.54) is 38.0 Å². The molecule has 2 nitrogen and oxygen atoms in total. The van der Waals surface area contributed by atoms with Crippen LogP contribution in [0.2, 0.25) is 0 Å². The Morgan fingerprint density at radius 2 is 2.06 bits per heavy atom. The summed E-state index contributed by atoms with van der Waals surface area (Å²) in [5.74, 6) is 1.91. The van der Waals surface area contributed by atoms with Crippen LogP contribution in [0.1, 0.15) is 31.7 Å². The first-order valence-electron chi connectivity index (χ1n) is 7.27. The molecule has 1 unspecified atom stereocenters. The van der Waals surface area contributed by atoms with Crippen LogP contribution in [0.4, 0.5) is 0 Å². The van der Waals surface area contributed by atoms with Crippen LogP contribution in [0.15, 0.2) is 24.3 Å². The summed E-state index contributed by atoms with van der Waals surface area (Å²) in [5.41, 5.74) is 1.29. The number of ether oxygens (including phenoxy) is 1. The molecule has 0 saturated carbocycles. The molecule has 1 aliphatic heterocycles. The van der Waals surface area contributed by atoms with Crippen LogP contribution in [0.25, 0.3) is 0 Å². The molecule has 0 radical (unpaired) electrons. The van der Waals surface area contributed by atoms with Crippen molar-refractivity contribution >= 4 is 0 Å². The normalized spacial score (nSPS) is 23.9. The summed E-state index contributed by atoms with van der Waals surface area (Å²) in [6.07, 6.45) is 3.98. The Balaban J connectivity index is 1.62. The second kappa shape index (κ2) is 6.79. The van der Waals surface area contributed by atoms with Gasteiger partial charge >= 0.3 is 0 Å². The smallest absolute Gasteiger partial charge is 0.119 e. The highest BCUT2D eigenvalue weighted by atomic mass is 16.5. The molecule has 1 aliphatic rings. The molecule has 1 fully saturated rings. The van der Waals surface area contributed by atoms with Crippen molar-refractivity contribution in [3.63, 3.8) is 0 Å². The molecule has 1 aromatic carbocycles.